The van der Waals surface area contributed by atoms with Gasteiger partial charge in [-0.2, -0.15) is 0 Å². The van der Waals surface area contributed by atoms with Crippen molar-refractivity contribution >= 4 is 68.2 Å². The number of thiazole rings is 1. The number of hydrogen-bond acceptors (Lipinski definition) is 5. The molecule has 3 aromatic rings. The maximum atomic E-state index is 13.3. The Kier molecular flexibility index (Phi) is 8.55. The van der Waals surface area contributed by atoms with Crippen molar-refractivity contribution in [2.45, 2.75) is 6.92 Å². The van der Waals surface area contributed by atoms with Crippen LogP contribution in [0.25, 0.3) is 10.2 Å². The van der Waals surface area contributed by atoms with E-state index in [0.717, 1.165) is 10.2 Å². The van der Waals surface area contributed by atoms with E-state index < -0.39 is 0 Å². The summed E-state index contributed by atoms with van der Waals surface area (Å²) in [5, 5.41) is 1.46. The van der Waals surface area contributed by atoms with E-state index >= 15 is 0 Å². The molecule has 2 aromatic carbocycles. The molecule has 1 amide bonds. The molecule has 0 saturated carbocycles. The zero-order chi connectivity index (χ0) is 20.3. The largest absolute Gasteiger partial charge is 0.492 e. The second kappa shape index (κ2) is 10.5. The van der Waals surface area contributed by atoms with E-state index in [0.29, 0.717) is 46.2 Å². The number of ether oxygens (including phenoxy) is 1. The van der Waals surface area contributed by atoms with Gasteiger partial charge in [-0.15, -0.1) is 12.4 Å². The van der Waals surface area contributed by atoms with Crippen LogP contribution in [-0.2, 0) is 0 Å². The van der Waals surface area contributed by atoms with E-state index in [4.69, 9.17) is 32.9 Å². The third-order valence-electron chi connectivity index (χ3n) is 4.03. The van der Waals surface area contributed by atoms with Crippen molar-refractivity contribution in [3.05, 3.63) is 52.0 Å². The zero-order valence-electron chi connectivity index (χ0n) is 16.3. The summed E-state index contributed by atoms with van der Waals surface area (Å²) in [7, 11) is 3.93. The van der Waals surface area contributed by atoms with Crippen molar-refractivity contribution in [3.63, 3.8) is 0 Å². The Bertz CT molecular complexity index is 974. The number of aromatic nitrogens is 1. The number of rotatable bonds is 7. The molecule has 3 rings (SSSR count). The smallest absolute Gasteiger partial charge is 0.260 e. The van der Waals surface area contributed by atoms with Gasteiger partial charge >= 0.3 is 0 Å². The number of carbonyl (C=O) groups excluding carboxylic acids is 1. The van der Waals surface area contributed by atoms with Crippen molar-refractivity contribution < 1.29 is 9.53 Å². The number of hydrogen-bond donors (Lipinski definition) is 0. The molecule has 5 nitrogen and oxygen atoms in total. The molecule has 0 fully saturated rings. The van der Waals surface area contributed by atoms with Gasteiger partial charge in [0, 0.05) is 28.7 Å². The molecule has 156 valence electrons. The summed E-state index contributed by atoms with van der Waals surface area (Å²) in [5.74, 6) is 0.525. The number of amides is 1. The van der Waals surface area contributed by atoms with Gasteiger partial charge in [-0.3, -0.25) is 9.69 Å². The molecule has 0 unspecified atom stereocenters. The Labute approximate surface area is 190 Å². The van der Waals surface area contributed by atoms with Crippen LogP contribution in [0.1, 0.15) is 17.3 Å². The first-order valence-electron chi connectivity index (χ1n) is 8.84. The molecule has 0 aliphatic rings. The molecular weight excluding hydrogens is 453 g/mol. The maximum absolute atomic E-state index is 13.3. The highest BCUT2D eigenvalue weighted by Crippen LogP contribution is 2.35. The standard InChI is InChI=1S/C20H21Cl2N3O2S.ClH/c1-4-27-16-6-5-7-17-18(16)23-20(28-17)25(9-8-24(2)3)19(26)13-10-14(21)12-15(22)11-13;/h5-7,10-12H,4,8-9H2,1-3H3;1H. The average molecular weight is 475 g/mol. The molecule has 0 N–H and O–H groups in total. The molecule has 0 saturated heterocycles. The second-order valence-electron chi connectivity index (χ2n) is 6.45. The van der Waals surface area contributed by atoms with Gasteiger partial charge in [0.2, 0.25) is 0 Å². The van der Waals surface area contributed by atoms with Gasteiger partial charge in [0.1, 0.15) is 11.3 Å². The lowest BCUT2D eigenvalue weighted by atomic mass is 10.2. The van der Waals surface area contributed by atoms with Gasteiger partial charge in [-0.25, -0.2) is 4.98 Å². The van der Waals surface area contributed by atoms with Gasteiger partial charge in [-0.1, -0.05) is 40.6 Å². The summed E-state index contributed by atoms with van der Waals surface area (Å²) < 4.78 is 6.65. The highest BCUT2D eigenvalue weighted by atomic mass is 35.5. The Morgan fingerprint density at radius 3 is 2.45 bits per heavy atom. The Hall–Kier alpha value is -1.57. The lowest BCUT2D eigenvalue weighted by Gasteiger charge is -2.22. The minimum Gasteiger partial charge on any atom is -0.492 e. The SMILES string of the molecule is CCOc1cccc2sc(N(CCN(C)C)C(=O)c3cc(Cl)cc(Cl)c3)nc12.Cl. The first-order chi connectivity index (χ1) is 13.4. The topological polar surface area (TPSA) is 45.7 Å². The minimum absolute atomic E-state index is 0. The molecule has 0 spiro atoms. The first kappa shape index (κ1) is 23.7. The van der Waals surface area contributed by atoms with Crippen LogP contribution in [-0.4, -0.2) is 49.6 Å². The minimum atomic E-state index is -0.191. The van der Waals surface area contributed by atoms with Crippen LogP contribution >= 0.6 is 46.9 Å². The van der Waals surface area contributed by atoms with Gasteiger partial charge < -0.3 is 9.64 Å². The van der Waals surface area contributed by atoms with Crippen molar-refractivity contribution in [1.29, 1.82) is 0 Å². The number of benzene rings is 2. The fraction of sp³-hybridized carbons (Fsp3) is 0.300. The van der Waals surface area contributed by atoms with E-state index in [2.05, 4.69) is 0 Å². The Morgan fingerprint density at radius 2 is 1.83 bits per heavy atom. The highest BCUT2D eigenvalue weighted by molar-refractivity contribution is 7.22. The number of para-hydroxylation sites is 1. The van der Waals surface area contributed by atoms with Crippen LogP contribution in [0.3, 0.4) is 0 Å². The molecule has 9 heteroatoms. The average Bonchev–Trinajstić information content (AvgIpc) is 3.06. The molecule has 0 atom stereocenters. The number of anilines is 1. The van der Waals surface area contributed by atoms with Gasteiger partial charge in [0.25, 0.3) is 5.91 Å². The van der Waals surface area contributed by atoms with Crippen molar-refractivity contribution in [3.8, 4) is 5.75 Å². The fourth-order valence-corrected chi connectivity index (χ4v) is 4.25. The lowest BCUT2D eigenvalue weighted by Crippen LogP contribution is -2.36. The summed E-state index contributed by atoms with van der Waals surface area (Å²) in [5.41, 5.74) is 1.19. The molecule has 0 aliphatic carbocycles. The van der Waals surface area contributed by atoms with Crippen molar-refractivity contribution in [2.24, 2.45) is 0 Å². The van der Waals surface area contributed by atoms with Gasteiger partial charge in [-0.05, 0) is 51.4 Å². The van der Waals surface area contributed by atoms with Crippen LogP contribution in [0.5, 0.6) is 5.75 Å². The second-order valence-corrected chi connectivity index (χ2v) is 8.33. The number of fused-ring (bicyclic) bond motifs is 1. The number of nitrogens with zero attached hydrogens (tertiary/aromatic N) is 3. The van der Waals surface area contributed by atoms with Gasteiger partial charge in [0.15, 0.2) is 5.13 Å². The normalized spacial score (nSPS) is 10.8. The van der Waals surface area contributed by atoms with Crippen LogP contribution in [0.15, 0.2) is 36.4 Å². The summed E-state index contributed by atoms with van der Waals surface area (Å²) in [4.78, 5) is 21.7. The molecule has 0 aliphatic heterocycles. The number of carbonyl (C=O) groups is 1. The summed E-state index contributed by atoms with van der Waals surface area (Å²) in [6, 6.07) is 10.6. The van der Waals surface area contributed by atoms with Crippen LogP contribution in [0.4, 0.5) is 5.13 Å². The van der Waals surface area contributed by atoms with Crippen molar-refractivity contribution in [1.82, 2.24) is 9.88 Å². The Morgan fingerprint density at radius 1 is 1.14 bits per heavy atom. The van der Waals surface area contributed by atoms with Crippen molar-refractivity contribution in [2.75, 3.05) is 38.7 Å². The summed E-state index contributed by atoms with van der Waals surface area (Å²) >= 11 is 13.7. The van der Waals surface area contributed by atoms with Gasteiger partial charge in [0.05, 0.1) is 11.3 Å². The fourth-order valence-electron chi connectivity index (χ4n) is 2.72. The molecule has 0 radical (unpaired) electrons. The third kappa shape index (κ3) is 5.74. The molecule has 0 bridgehead atoms. The van der Waals surface area contributed by atoms with Crippen LogP contribution < -0.4 is 9.64 Å². The van der Waals surface area contributed by atoms with E-state index in [1.54, 1.807) is 23.1 Å². The third-order valence-corrected chi connectivity index (χ3v) is 5.51. The zero-order valence-corrected chi connectivity index (χ0v) is 19.5. The predicted octanol–water partition coefficient (Wildman–Crippen LogP) is 5.63. The molecular formula is C20H22Cl3N3O2S. The Balaban J connectivity index is 0.00000300. The van der Waals surface area contributed by atoms with E-state index in [1.165, 1.54) is 11.3 Å². The highest BCUT2D eigenvalue weighted by Gasteiger charge is 2.23. The number of halogens is 3. The van der Waals surface area contributed by atoms with E-state index in [1.807, 2.05) is 44.1 Å². The summed E-state index contributed by atoms with van der Waals surface area (Å²) in [6.07, 6.45) is 0. The maximum Gasteiger partial charge on any atom is 0.260 e. The first-order valence-corrected chi connectivity index (χ1v) is 10.4. The number of likely N-dealkylation sites (N-methyl/N-ethyl adjacent to an activating group) is 1. The molecule has 1 heterocycles. The monoisotopic (exact) mass is 473 g/mol. The lowest BCUT2D eigenvalue weighted by molar-refractivity contribution is 0.0985. The summed E-state index contributed by atoms with van der Waals surface area (Å²) in [6.45, 7) is 3.66. The van der Waals surface area contributed by atoms with E-state index in [-0.39, 0.29) is 18.3 Å². The van der Waals surface area contributed by atoms with E-state index in [9.17, 15) is 4.79 Å². The molecule has 1 aromatic heterocycles. The molecule has 29 heavy (non-hydrogen) atoms. The predicted molar refractivity (Wildman–Crippen MR) is 125 cm³/mol. The van der Waals surface area contributed by atoms with Crippen LogP contribution in [0.2, 0.25) is 10.0 Å². The quantitative estimate of drug-likeness (QED) is 0.445. The van der Waals surface area contributed by atoms with Crippen LogP contribution in [0, 0.1) is 0 Å².